The second-order valence-corrected chi connectivity index (χ2v) is 6.16. The van der Waals surface area contributed by atoms with Crippen LogP contribution in [0.4, 0.5) is 0 Å². The molecule has 0 aromatic rings. The molecule has 2 saturated carbocycles. The summed E-state index contributed by atoms with van der Waals surface area (Å²) in [7, 11) is 4.48. The molecule has 0 spiro atoms. The van der Waals surface area contributed by atoms with Crippen molar-refractivity contribution in [3.8, 4) is 0 Å². The van der Waals surface area contributed by atoms with Gasteiger partial charge in [0.25, 0.3) is 0 Å². The zero-order valence-electron chi connectivity index (χ0n) is 9.72. The van der Waals surface area contributed by atoms with Gasteiger partial charge in [0.1, 0.15) is 0 Å². The highest BCUT2D eigenvalue weighted by molar-refractivity contribution is 5.11. The first-order valence-corrected chi connectivity index (χ1v) is 5.55. The highest BCUT2D eigenvalue weighted by Gasteiger charge is 2.60. The normalized spacial score (nSPS) is 47.5. The monoisotopic (exact) mass is 181 g/mol. The second kappa shape index (κ2) is 2.50. The van der Waals surface area contributed by atoms with Crippen molar-refractivity contribution < 1.29 is 0 Å². The molecule has 1 nitrogen and oxygen atoms in total. The first-order chi connectivity index (χ1) is 5.88. The lowest BCUT2D eigenvalue weighted by molar-refractivity contribution is 0.151. The van der Waals surface area contributed by atoms with Crippen molar-refractivity contribution in [2.75, 3.05) is 14.1 Å². The molecule has 1 heteroatoms. The summed E-state index contributed by atoms with van der Waals surface area (Å²) < 4.78 is 0. The van der Waals surface area contributed by atoms with Crippen LogP contribution in [-0.2, 0) is 0 Å². The summed E-state index contributed by atoms with van der Waals surface area (Å²) in [5.41, 5.74) is 1.19. The fourth-order valence-electron chi connectivity index (χ4n) is 3.79. The van der Waals surface area contributed by atoms with Gasteiger partial charge in [-0.2, -0.15) is 0 Å². The van der Waals surface area contributed by atoms with E-state index < -0.39 is 0 Å². The van der Waals surface area contributed by atoms with E-state index in [4.69, 9.17) is 0 Å². The maximum atomic E-state index is 2.50. The first-order valence-electron chi connectivity index (χ1n) is 5.55. The third kappa shape index (κ3) is 1.03. The molecule has 3 atom stereocenters. The zero-order chi connectivity index (χ0) is 9.85. The fourth-order valence-corrected chi connectivity index (χ4v) is 3.79. The molecular weight excluding hydrogens is 158 g/mol. The number of hydrogen-bond acceptors (Lipinski definition) is 1. The van der Waals surface area contributed by atoms with Crippen molar-refractivity contribution in [2.45, 2.75) is 46.1 Å². The van der Waals surface area contributed by atoms with Crippen LogP contribution < -0.4 is 0 Å². The van der Waals surface area contributed by atoms with Crippen molar-refractivity contribution in [3.05, 3.63) is 0 Å². The maximum Gasteiger partial charge on any atom is 0.0128 e. The quantitative estimate of drug-likeness (QED) is 0.601. The molecule has 2 bridgehead atoms. The first kappa shape index (κ1) is 9.51. The van der Waals surface area contributed by atoms with Gasteiger partial charge in [-0.15, -0.1) is 0 Å². The van der Waals surface area contributed by atoms with Gasteiger partial charge >= 0.3 is 0 Å². The summed E-state index contributed by atoms with van der Waals surface area (Å²) in [6.07, 6.45) is 4.32. The average molecular weight is 181 g/mol. The van der Waals surface area contributed by atoms with Crippen LogP contribution in [0.15, 0.2) is 0 Å². The van der Waals surface area contributed by atoms with E-state index in [1.165, 1.54) is 19.3 Å². The van der Waals surface area contributed by atoms with Crippen LogP contribution in [0.25, 0.3) is 0 Å². The summed E-state index contributed by atoms with van der Waals surface area (Å²) in [6.45, 7) is 7.46. The fraction of sp³-hybridized carbons (Fsp3) is 1.00. The lowest BCUT2D eigenvalue weighted by atomic mass is 9.71. The van der Waals surface area contributed by atoms with Crippen LogP contribution in [-0.4, -0.2) is 25.0 Å². The van der Waals surface area contributed by atoms with Gasteiger partial charge in [-0.1, -0.05) is 20.8 Å². The molecule has 2 aliphatic rings. The van der Waals surface area contributed by atoms with Crippen LogP contribution in [0.3, 0.4) is 0 Å². The topological polar surface area (TPSA) is 3.24 Å². The van der Waals surface area contributed by atoms with Gasteiger partial charge in [-0.05, 0) is 50.1 Å². The molecular formula is C12H23N. The molecule has 3 unspecified atom stereocenters. The van der Waals surface area contributed by atoms with E-state index >= 15 is 0 Å². The van der Waals surface area contributed by atoms with Crippen molar-refractivity contribution in [3.63, 3.8) is 0 Å². The summed E-state index contributed by atoms with van der Waals surface area (Å²) in [5.74, 6) is 0.937. The van der Waals surface area contributed by atoms with Crippen LogP contribution in [0.1, 0.15) is 40.0 Å². The summed E-state index contributed by atoms with van der Waals surface area (Å²) in [4.78, 5) is 2.44. The van der Waals surface area contributed by atoms with Gasteiger partial charge in [0, 0.05) is 6.04 Å². The molecule has 0 amide bonds. The molecule has 0 heterocycles. The number of fused-ring (bicyclic) bond motifs is 2. The van der Waals surface area contributed by atoms with E-state index in [1.54, 1.807) is 0 Å². The van der Waals surface area contributed by atoms with Gasteiger partial charge in [-0.3, -0.25) is 0 Å². The molecule has 0 aromatic heterocycles. The van der Waals surface area contributed by atoms with Crippen molar-refractivity contribution in [1.29, 1.82) is 0 Å². The predicted molar refractivity (Wildman–Crippen MR) is 56.7 cm³/mol. The Labute approximate surface area is 82.5 Å². The Balaban J connectivity index is 2.29. The Morgan fingerprint density at radius 1 is 1.15 bits per heavy atom. The average Bonchev–Trinajstić information content (AvgIpc) is 2.34. The van der Waals surface area contributed by atoms with E-state index in [9.17, 15) is 0 Å². The summed E-state index contributed by atoms with van der Waals surface area (Å²) in [5, 5.41) is 0. The molecule has 0 saturated heterocycles. The van der Waals surface area contributed by atoms with Gasteiger partial charge in [0.15, 0.2) is 0 Å². The molecule has 76 valence electrons. The van der Waals surface area contributed by atoms with E-state index in [1.807, 2.05) is 0 Å². The van der Waals surface area contributed by atoms with Crippen molar-refractivity contribution in [1.82, 2.24) is 4.90 Å². The Morgan fingerprint density at radius 2 is 1.77 bits per heavy atom. The third-order valence-electron chi connectivity index (χ3n) is 5.28. The summed E-state index contributed by atoms with van der Waals surface area (Å²) in [6, 6.07) is 0.841. The van der Waals surface area contributed by atoms with Gasteiger partial charge in [0.2, 0.25) is 0 Å². The van der Waals surface area contributed by atoms with Gasteiger partial charge in [0.05, 0.1) is 0 Å². The Bertz CT molecular complexity index is 216. The molecule has 2 rings (SSSR count). The third-order valence-corrected chi connectivity index (χ3v) is 5.28. The standard InChI is InChI=1S/C12H23N/c1-11(2)9-6-7-12(11,3)8-10(9)13(4)5/h9-10H,6-8H2,1-5H3. The number of nitrogens with zero attached hydrogens (tertiary/aromatic N) is 1. The summed E-state index contributed by atoms with van der Waals surface area (Å²) >= 11 is 0. The maximum absolute atomic E-state index is 2.50. The molecule has 0 aromatic carbocycles. The SMILES string of the molecule is CN(C)C1CC2(C)CCC1C2(C)C. The van der Waals surface area contributed by atoms with E-state index in [0.717, 1.165) is 12.0 Å². The highest BCUT2D eigenvalue weighted by Crippen LogP contribution is 2.66. The molecule has 0 radical (unpaired) electrons. The van der Waals surface area contributed by atoms with Crippen molar-refractivity contribution in [2.24, 2.45) is 16.7 Å². The minimum atomic E-state index is 0.571. The smallest absolute Gasteiger partial charge is 0.0128 e. The largest absolute Gasteiger partial charge is 0.306 e. The van der Waals surface area contributed by atoms with E-state index in [-0.39, 0.29) is 0 Å². The molecule has 0 N–H and O–H groups in total. The van der Waals surface area contributed by atoms with E-state index in [0.29, 0.717) is 10.8 Å². The van der Waals surface area contributed by atoms with Gasteiger partial charge < -0.3 is 4.90 Å². The molecule has 2 aliphatic carbocycles. The molecule has 0 aliphatic heterocycles. The number of rotatable bonds is 1. The zero-order valence-corrected chi connectivity index (χ0v) is 9.72. The Morgan fingerprint density at radius 3 is 2.00 bits per heavy atom. The van der Waals surface area contributed by atoms with Crippen LogP contribution in [0.5, 0.6) is 0 Å². The van der Waals surface area contributed by atoms with Crippen molar-refractivity contribution >= 4 is 0 Å². The molecule has 2 fully saturated rings. The lowest BCUT2D eigenvalue weighted by Crippen LogP contribution is -2.34. The minimum Gasteiger partial charge on any atom is -0.306 e. The van der Waals surface area contributed by atoms with E-state index in [2.05, 4.69) is 39.8 Å². The van der Waals surface area contributed by atoms with Crippen LogP contribution in [0.2, 0.25) is 0 Å². The minimum absolute atomic E-state index is 0.571. The van der Waals surface area contributed by atoms with Crippen LogP contribution in [0, 0.1) is 16.7 Å². The lowest BCUT2D eigenvalue weighted by Gasteiger charge is -2.33. The predicted octanol–water partition coefficient (Wildman–Crippen LogP) is 2.76. The van der Waals surface area contributed by atoms with Crippen LogP contribution >= 0.6 is 0 Å². The molecule has 13 heavy (non-hydrogen) atoms. The second-order valence-electron chi connectivity index (χ2n) is 6.16. The Kier molecular flexibility index (Phi) is 1.83. The number of hydrogen-bond donors (Lipinski definition) is 0. The Hall–Kier alpha value is -0.0400. The highest BCUT2D eigenvalue weighted by atomic mass is 15.1. The van der Waals surface area contributed by atoms with Gasteiger partial charge in [-0.25, -0.2) is 0 Å².